The van der Waals surface area contributed by atoms with E-state index in [0.29, 0.717) is 12.5 Å². The topological polar surface area (TPSA) is 44.8 Å². The molecule has 1 aromatic carbocycles. The predicted molar refractivity (Wildman–Crippen MR) is 97.5 cm³/mol. The van der Waals surface area contributed by atoms with E-state index in [2.05, 4.69) is 17.3 Å². The molecule has 2 atom stereocenters. The van der Waals surface area contributed by atoms with Crippen LogP contribution in [-0.2, 0) is 0 Å². The molecule has 1 aliphatic heterocycles. The number of nitrogens with zero attached hydrogens (tertiary/aromatic N) is 2. The van der Waals surface area contributed by atoms with Gasteiger partial charge in [0.15, 0.2) is 0 Å². The molecule has 1 heterocycles. The van der Waals surface area contributed by atoms with Gasteiger partial charge >= 0.3 is 6.03 Å². The summed E-state index contributed by atoms with van der Waals surface area (Å²) in [6.45, 7) is 7.57. The Morgan fingerprint density at radius 1 is 1.42 bits per heavy atom. The van der Waals surface area contributed by atoms with Gasteiger partial charge in [-0.3, -0.25) is 0 Å². The Labute approximate surface area is 146 Å². The Kier molecular flexibility index (Phi) is 6.91. The molecule has 24 heavy (non-hydrogen) atoms. The molecular weight excluding hydrogens is 302 g/mol. The summed E-state index contributed by atoms with van der Waals surface area (Å²) < 4.78 is 5.82. The SMILES string of the molecule is Cc1ccc(O[C@H](C)CNC(=O)N(C)C[C@H]2CCCN(C)C2)cc1. The first-order chi connectivity index (χ1) is 11.4. The Balaban J connectivity index is 1.70. The first-order valence-corrected chi connectivity index (χ1v) is 8.85. The zero-order valence-corrected chi connectivity index (χ0v) is 15.4. The van der Waals surface area contributed by atoms with Gasteiger partial charge in [0.1, 0.15) is 11.9 Å². The van der Waals surface area contributed by atoms with Crippen molar-refractivity contribution >= 4 is 6.03 Å². The maximum Gasteiger partial charge on any atom is 0.317 e. The number of piperidine rings is 1. The molecule has 0 bridgehead atoms. The highest BCUT2D eigenvalue weighted by molar-refractivity contribution is 5.73. The van der Waals surface area contributed by atoms with Crippen LogP contribution in [0.2, 0.25) is 0 Å². The minimum absolute atomic E-state index is 0.0254. The summed E-state index contributed by atoms with van der Waals surface area (Å²) >= 11 is 0. The van der Waals surface area contributed by atoms with Gasteiger partial charge in [0.25, 0.3) is 0 Å². The van der Waals surface area contributed by atoms with Crippen molar-refractivity contribution in [3.8, 4) is 5.75 Å². The molecule has 1 saturated heterocycles. The Bertz CT molecular complexity index is 518. The van der Waals surface area contributed by atoms with Crippen LogP contribution in [0.1, 0.15) is 25.3 Å². The van der Waals surface area contributed by atoms with Gasteiger partial charge < -0.3 is 19.9 Å². The van der Waals surface area contributed by atoms with Crippen LogP contribution in [0.25, 0.3) is 0 Å². The van der Waals surface area contributed by atoms with Gasteiger partial charge in [-0.25, -0.2) is 4.79 Å². The maximum atomic E-state index is 12.2. The quantitative estimate of drug-likeness (QED) is 0.871. The van der Waals surface area contributed by atoms with Crippen LogP contribution in [0.5, 0.6) is 5.75 Å². The summed E-state index contributed by atoms with van der Waals surface area (Å²) in [7, 11) is 4.02. The van der Waals surface area contributed by atoms with Gasteiger partial charge in [0, 0.05) is 20.1 Å². The number of nitrogens with one attached hydrogen (secondary N) is 1. The van der Waals surface area contributed by atoms with Crippen molar-refractivity contribution in [3.05, 3.63) is 29.8 Å². The molecule has 1 aliphatic rings. The first-order valence-electron chi connectivity index (χ1n) is 8.85. The van der Waals surface area contributed by atoms with Gasteiger partial charge in [-0.1, -0.05) is 17.7 Å². The number of aryl methyl sites for hydroxylation is 1. The van der Waals surface area contributed by atoms with Crippen molar-refractivity contribution in [1.82, 2.24) is 15.1 Å². The largest absolute Gasteiger partial charge is 0.489 e. The van der Waals surface area contributed by atoms with Crippen LogP contribution in [0.4, 0.5) is 4.79 Å². The fourth-order valence-corrected chi connectivity index (χ4v) is 3.15. The van der Waals surface area contributed by atoms with Crippen molar-refractivity contribution in [1.29, 1.82) is 0 Å². The number of rotatable bonds is 6. The number of carbonyl (C=O) groups is 1. The number of urea groups is 1. The van der Waals surface area contributed by atoms with E-state index in [9.17, 15) is 4.79 Å². The molecule has 5 nitrogen and oxygen atoms in total. The van der Waals surface area contributed by atoms with Crippen LogP contribution in [0.15, 0.2) is 24.3 Å². The van der Waals surface area contributed by atoms with Gasteiger partial charge in [-0.05, 0) is 58.3 Å². The average molecular weight is 333 g/mol. The lowest BCUT2D eigenvalue weighted by molar-refractivity contribution is 0.158. The van der Waals surface area contributed by atoms with Crippen molar-refractivity contribution in [2.75, 3.05) is 40.3 Å². The lowest BCUT2D eigenvalue weighted by Crippen LogP contribution is -2.45. The standard InChI is InChI=1S/C19H31N3O2/c1-15-7-9-18(10-8-15)24-16(2)12-20-19(23)22(4)14-17-6-5-11-21(3)13-17/h7-10,16-17H,5-6,11-14H2,1-4H3,(H,20,23)/t16-,17+/m1/s1. The summed E-state index contributed by atoms with van der Waals surface area (Å²) in [6.07, 6.45) is 2.36. The van der Waals surface area contributed by atoms with Crippen LogP contribution in [0, 0.1) is 12.8 Å². The third kappa shape index (κ3) is 6.04. The van der Waals surface area contributed by atoms with E-state index in [1.54, 1.807) is 4.90 Å². The number of hydrogen-bond donors (Lipinski definition) is 1. The molecule has 0 aromatic heterocycles. The van der Waals surface area contributed by atoms with Gasteiger partial charge in [-0.15, -0.1) is 0 Å². The number of amides is 2. The number of hydrogen-bond acceptors (Lipinski definition) is 3. The molecule has 1 fully saturated rings. The maximum absolute atomic E-state index is 12.2. The lowest BCUT2D eigenvalue weighted by atomic mass is 9.98. The van der Waals surface area contributed by atoms with Crippen molar-refractivity contribution in [2.24, 2.45) is 5.92 Å². The van der Waals surface area contributed by atoms with Gasteiger partial charge in [-0.2, -0.15) is 0 Å². The van der Waals surface area contributed by atoms with Crippen molar-refractivity contribution in [2.45, 2.75) is 32.8 Å². The van der Waals surface area contributed by atoms with E-state index >= 15 is 0 Å². The third-order valence-corrected chi connectivity index (χ3v) is 4.50. The van der Waals surface area contributed by atoms with E-state index in [0.717, 1.165) is 18.8 Å². The van der Waals surface area contributed by atoms with Crippen molar-refractivity contribution < 1.29 is 9.53 Å². The molecule has 1 N–H and O–H groups in total. The molecule has 1 aromatic rings. The summed E-state index contributed by atoms with van der Waals surface area (Å²) in [5.41, 5.74) is 1.21. The fraction of sp³-hybridized carbons (Fsp3) is 0.632. The molecule has 2 rings (SSSR count). The van der Waals surface area contributed by atoms with E-state index in [4.69, 9.17) is 4.74 Å². The van der Waals surface area contributed by atoms with E-state index < -0.39 is 0 Å². The second-order valence-electron chi connectivity index (χ2n) is 7.08. The molecular formula is C19H31N3O2. The Hall–Kier alpha value is -1.75. The molecule has 0 saturated carbocycles. The molecule has 2 amide bonds. The summed E-state index contributed by atoms with van der Waals surface area (Å²) in [5.74, 6) is 1.40. The van der Waals surface area contributed by atoms with E-state index in [1.165, 1.54) is 24.9 Å². The van der Waals surface area contributed by atoms with Crippen LogP contribution in [-0.4, -0.2) is 62.2 Å². The second kappa shape index (κ2) is 8.92. The zero-order chi connectivity index (χ0) is 17.5. The second-order valence-corrected chi connectivity index (χ2v) is 7.08. The fourth-order valence-electron chi connectivity index (χ4n) is 3.15. The Morgan fingerprint density at radius 2 is 2.12 bits per heavy atom. The predicted octanol–water partition coefficient (Wildman–Crippen LogP) is 2.75. The summed E-state index contributed by atoms with van der Waals surface area (Å²) in [4.78, 5) is 16.4. The molecule has 0 spiro atoms. The van der Waals surface area contributed by atoms with Crippen LogP contribution >= 0.6 is 0 Å². The van der Waals surface area contributed by atoms with E-state index in [1.807, 2.05) is 45.2 Å². The normalized spacial score (nSPS) is 19.6. The van der Waals surface area contributed by atoms with E-state index in [-0.39, 0.29) is 12.1 Å². The molecule has 0 aliphatic carbocycles. The highest BCUT2D eigenvalue weighted by atomic mass is 16.5. The number of likely N-dealkylation sites (tertiary alicyclic amines) is 1. The lowest BCUT2D eigenvalue weighted by Gasteiger charge is -2.32. The highest BCUT2D eigenvalue weighted by Gasteiger charge is 2.20. The zero-order valence-electron chi connectivity index (χ0n) is 15.4. The number of carbonyl (C=O) groups excluding carboxylic acids is 1. The van der Waals surface area contributed by atoms with Crippen LogP contribution < -0.4 is 10.1 Å². The monoisotopic (exact) mass is 333 g/mol. The highest BCUT2D eigenvalue weighted by Crippen LogP contribution is 2.16. The smallest absolute Gasteiger partial charge is 0.317 e. The van der Waals surface area contributed by atoms with Crippen molar-refractivity contribution in [3.63, 3.8) is 0 Å². The number of benzene rings is 1. The number of ether oxygens (including phenoxy) is 1. The molecule has 0 unspecified atom stereocenters. The third-order valence-electron chi connectivity index (χ3n) is 4.50. The van der Waals surface area contributed by atoms with Crippen LogP contribution in [0.3, 0.4) is 0 Å². The summed E-state index contributed by atoms with van der Waals surface area (Å²) in [6, 6.07) is 7.94. The Morgan fingerprint density at radius 3 is 2.79 bits per heavy atom. The summed E-state index contributed by atoms with van der Waals surface area (Å²) in [5, 5.41) is 2.96. The molecule has 0 radical (unpaired) electrons. The minimum Gasteiger partial charge on any atom is -0.489 e. The average Bonchev–Trinajstić information content (AvgIpc) is 2.54. The van der Waals surface area contributed by atoms with Gasteiger partial charge in [0.05, 0.1) is 6.54 Å². The molecule has 134 valence electrons. The van der Waals surface area contributed by atoms with Gasteiger partial charge in [0.2, 0.25) is 0 Å². The minimum atomic E-state index is -0.0640. The first kappa shape index (κ1) is 18.6. The molecule has 5 heteroatoms.